The number of amides is 3. The molecule has 0 bridgehead atoms. The van der Waals surface area contributed by atoms with Crippen LogP contribution in [0.4, 0.5) is 10.8 Å². The van der Waals surface area contributed by atoms with E-state index in [0.29, 0.717) is 33.4 Å². The second-order valence-electron chi connectivity index (χ2n) is 10.9. The van der Waals surface area contributed by atoms with Gasteiger partial charge in [-0.1, -0.05) is 60.7 Å². The van der Waals surface area contributed by atoms with E-state index in [1.807, 2.05) is 71.4 Å². The molecule has 51 heavy (non-hydrogen) atoms. The Labute approximate surface area is 307 Å². The van der Waals surface area contributed by atoms with E-state index >= 15 is 0 Å². The summed E-state index contributed by atoms with van der Waals surface area (Å²) in [4.78, 5) is 46.8. The number of carbonyl (C=O) groups excluding carboxylic acids is 3. The third-order valence-electron chi connectivity index (χ3n) is 7.46. The minimum atomic E-state index is -0.565. The summed E-state index contributed by atoms with van der Waals surface area (Å²) < 4.78 is 10.8. The summed E-state index contributed by atoms with van der Waals surface area (Å²) in [5, 5.41) is 12.5. The number of thiophene rings is 1. The highest BCUT2D eigenvalue weighted by Gasteiger charge is 2.24. The number of carbonyl (C=O) groups is 3. The molecule has 9 nitrogen and oxygen atoms in total. The lowest BCUT2D eigenvalue weighted by molar-refractivity contribution is -0.116. The molecular weight excluding hydrogens is 701 g/mol. The van der Waals surface area contributed by atoms with Crippen LogP contribution in [-0.2, 0) is 9.59 Å². The number of hydrogen-bond donors (Lipinski definition) is 3. The molecule has 3 N–H and O–H groups in total. The Bertz CT molecular complexity index is 2140. The van der Waals surface area contributed by atoms with Crippen LogP contribution in [-0.4, -0.2) is 36.9 Å². The van der Waals surface area contributed by atoms with Crippen molar-refractivity contribution in [2.24, 2.45) is 0 Å². The number of methoxy groups -OCH3 is 2. The Morgan fingerprint density at radius 2 is 1.51 bits per heavy atom. The van der Waals surface area contributed by atoms with Crippen LogP contribution in [0.15, 0.2) is 137 Å². The molecular formula is C39H32N4O5S3. The zero-order valence-electron chi connectivity index (χ0n) is 27.5. The first kappa shape index (κ1) is 35.1. The van der Waals surface area contributed by atoms with Gasteiger partial charge in [-0.2, -0.15) is 0 Å². The first-order chi connectivity index (χ1) is 24.9. The van der Waals surface area contributed by atoms with Gasteiger partial charge in [0.15, 0.2) is 16.6 Å². The molecule has 6 rings (SSSR count). The van der Waals surface area contributed by atoms with Gasteiger partial charge in [0, 0.05) is 21.5 Å². The summed E-state index contributed by atoms with van der Waals surface area (Å²) >= 11 is 4.36. The van der Waals surface area contributed by atoms with Gasteiger partial charge < -0.3 is 25.4 Å². The van der Waals surface area contributed by atoms with Crippen LogP contribution < -0.4 is 25.4 Å². The normalized spacial score (nSPS) is 11.7. The second-order valence-corrected chi connectivity index (χ2v) is 13.9. The number of thioether (sulfide) groups is 1. The minimum Gasteiger partial charge on any atom is -0.493 e. The zero-order valence-corrected chi connectivity index (χ0v) is 29.9. The van der Waals surface area contributed by atoms with Crippen molar-refractivity contribution in [2.75, 3.05) is 24.9 Å². The third kappa shape index (κ3) is 9.11. The number of anilines is 2. The molecule has 0 saturated carbocycles. The SMILES string of the molecule is COc1ccc(/C=C(\NC(=O)c2ccccc2)C(=O)Nc2ccc(SC(C(=O)Nc3nc(-c4cccs4)cs3)c3ccccc3)cc2)cc1OC. The first-order valence-corrected chi connectivity index (χ1v) is 18.3. The van der Waals surface area contributed by atoms with E-state index in [1.165, 1.54) is 37.3 Å². The van der Waals surface area contributed by atoms with Gasteiger partial charge in [0.2, 0.25) is 5.91 Å². The summed E-state index contributed by atoms with van der Waals surface area (Å²) in [6.45, 7) is 0. The molecule has 3 amide bonds. The molecule has 1 atom stereocenters. The van der Waals surface area contributed by atoms with E-state index in [9.17, 15) is 14.4 Å². The lowest BCUT2D eigenvalue weighted by atomic mass is 10.1. The van der Waals surface area contributed by atoms with Crippen LogP contribution in [0.3, 0.4) is 0 Å². The lowest BCUT2D eigenvalue weighted by Gasteiger charge is -2.17. The minimum absolute atomic E-state index is 0.0276. The Morgan fingerprint density at radius 3 is 2.20 bits per heavy atom. The maximum Gasteiger partial charge on any atom is 0.272 e. The van der Waals surface area contributed by atoms with Crippen molar-refractivity contribution in [2.45, 2.75) is 10.1 Å². The van der Waals surface area contributed by atoms with E-state index in [0.717, 1.165) is 21.0 Å². The molecule has 0 aliphatic carbocycles. The maximum atomic E-state index is 13.6. The van der Waals surface area contributed by atoms with Crippen LogP contribution in [0, 0.1) is 0 Å². The summed E-state index contributed by atoms with van der Waals surface area (Å²) in [5.74, 6) is -0.151. The van der Waals surface area contributed by atoms with Gasteiger partial charge in [0.25, 0.3) is 11.8 Å². The Hall–Kier alpha value is -5.69. The van der Waals surface area contributed by atoms with Crippen LogP contribution in [0.2, 0.25) is 0 Å². The van der Waals surface area contributed by atoms with Gasteiger partial charge in [0.05, 0.1) is 24.8 Å². The Balaban J connectivity index is 1.19. The summed E-state index contributed by atoms with van der Waals surface area (Å²) in [5.41, 5.74) is 3.21. The predicted molar refractivity (Wildman–Crippen MR) is 206 cm³/mol. The van der Waals surface area contributed by atoms with E-state index in [4.69, 9.17) is 9.47 Å². The Kier molecular flexibility index (Phi) is 11.6. The number of benzene rings is 4. The van der Waals surface area contributed by atoms with Crippen molar-refractivity contribution in [3.63, 3.8) is 0 Å². The van der Waals surface area contributed by atoms with E-state index < -0.39 is 17.1 Å². The highest BCUT2D eigenvalue weighted by molar-refractivity contribution is 8.00. The van der Waals surface area contributed by atoms with Crippen LogP contribution in [0.25, 0.3) is 16.6 Å². The lowest BCUT2D eigenvalue weighted by Crippen LogP contribution is -2.30. The number of thiazole rings is 1. The van der Waals surface area contributed by atoms with Gasteiger partial charge in [-0.3, -0.25) is 14.4 Å². The molecule has 2 aromatic heterocycles. The Morgan fingerprint density at radius 1 is 0.784 bits per heavy atom. The highest BCUT2D eigenvalue weighted by Crippen LogP contribution is 2.37. The standard InChI is InChI=1S/C39H32N4O5S3/c1-47-32-20-15-25(23-33(32)48-2)22-30(41-36(44)27-12-7-4-8-13-27)37(45)40-28-16-18-29(19-17-28)51-35(26-10-5-3-6-11-26)38(46)43-39-42-31(24-50-39)34-14-9-21-49-34/h3-24,35H,1-2H3,(H,40,45)(H,41,44)(H,42,43,46)/b30-22-. The van der Waals surface area contributed by atoms with Crippen molar-refractivity contribution in [1.29, 1.82) is 0 Å². The number of ether oxygens (including phenoxy) is 2. The van der Waals surface area contributed by atoms with Crippen molar-refractivity contribution >= 4 is 69.1 Å². The molecule has 2 heterocycles. The van der Waals surface area contributed by atoms with Gasteiger partial charge in [-0.05, 0) is 77.2 Å². The number of rotatable bonds is 13. The molecule has 0 fully saturated rings. The zero-order chi connectivity index (χ0) is 35.6. The van der Waals surface area contributed by atoms with Crippen molar-refractivity contribution < 1.29 is 23.9 Å². The third-order valence-corrected chi connectivity index (χ3v) is 10.4. The van der Waals surface area contributed by atoms with Crippen LogP contribution in [0.5, 0.6) is 11.5 Å². The quantitative estimate of drug-likeness (QED) is 0.0803. The summed E-state index contributed by atoms with van der Waals surface area (Å²) in [6, 6.07) is 34.5. The monoisotopic (exact) mass is 732 g/mol. The second kappa shape index (κ2) is 16.8. The van der Waals surface area contributed by atoms with Crippen molar-refractivity contribution in [3.05, 3.63) is 148 Å². The number of nitrogens with zero attached hydrogens (tertiary/aromatic N) is 1. The fraction of sp³-hybridized carbons (Fsp3) is 0.0769. The largest absolute Gasteiger partial charge is 0.493 e. The molecule has 0 saturated heterocycles. The molecule has 6 aromatic rings. The van der Waals surface area contributed by atoms with Crippen molar-refractivity contribution in [1.82, 2.24) is 10.3 Å². The molecule has 1 unspecified atom stereocenters. The molecule has 0 aliphatic heterocycles. The first-order valence-electron chi connectivity index (χ1n) is 15.6. The number of hydrogen-bond acceptors (Lipinski definition) is 9. The van der Waals surface area contributed by atoms with Crippen molar-refractivity contribution in [3.8, 4) is 22.1 Å². The van der Waals surface area contributed by atoms with Gasteiger partial charge in [-0.15, -0.1) is 34.4 Å². The number of nitrogens with one attached hydrogen (secondary N) is 3. The highest BCUT2D eigenvalue weighted by atomic mass is 32.2. The van der Waals surface area contributed by atoms with Crippen LogP contribution in [0.1, 0.15) is 26.7 Å². The average Bonchev–Trinajstić information content (AvgIpc) is 3.88. The van der Waals surface area contributed by atoms with Crippen LogP contribution >= 0.6 is 34.4 Å². The topological polar surface area (TPSA) is 119 Å². The van der Waals surface area contributed by atoms with Gasteiger partial charge in [-0.25, -0.2) is 4.98 Å². The van der Waals surface area contributed by atoms with Gasteiger partial charge in [0.1, 0.15) is 10.9 Å². The van der Waals surface area contributed by atoms with E-state index in [2.05, 4.69) is 20.9 Å². The molecule has 0 radical (unpaired) electrons. The van der Waals surface area contributed by atoms with Gasteiger partial charge >= 0.3 is 0 Å². The van der Waals surface area contributed by atoms with E-state index in [1.54, 1.807) is 72.0 Å². The fourth-order valence-corrected chi connectivity index (χ4v) is 7.44. The van der Waals surface area contributed by atoms with E-state index in [-0.39, 0.29) is 11.6 Å². The molecule has 12 heteroatoms. The molecule has 256 valence electrons. The fourth-order valence-electron chi connectivity index (χ4n) is 4.94. The maximum absolute atomic E-state index is 13.6. The summed E-state index contributed by atoms with van der Waals surface area (Å²) in [6.07, 6.45) is 1.57. The molecule has 0 spiro atoms. The summed E-state index contributed by atoms with van der Waals surface area (Å²) in [7, 11) is 3.06. The smallest absolute Gasteiger partial charge is 0.272 e. The molecule has 4 aromatic carbocycles. The predicted octanol–water partition coefficient (Wildman–Crippen LogP) is 8.77. The molecule has 0 aliphatic rings. The number of aromatic nitrogens is 1. The average molecular weight is 733 g/mol.